The Morgan fingerprint density at radius 3 is 2.79 bits per heavy atom. The van der Waals surface area contributed by atoms with E-state index in [1.54, 1.807) is 17.0 Å². The average Bonchev–Trinajstić information content (AvgIpc) is 3.20. The van der Waals surface area contributed by atoms with Crippen LogP contribution in [0.1, 0.15) is 45.6 Å². The molecule has 1 saturated heterocycles. The third kappa shape index (κ3) is 4.38. The number of hydrogen-bond acceptors (Lipinski definition) is 5. The van der Waals surface area contributed by atoms with Gasteiger partial charge >= 0.3 is 6.09 Å². The van der Waals surface area contributed by atoms with E-state index >= 15 is 0 Å². The van der Waals surface area contributed by atoms with Crippen LogP contribution in [0.2, 0.25) is 0 Å². The molecule has 1 aromatic rings. The number of hydrogen-bond donors (Lipinski definition) is 2. The molecule has 1 heterocycles. The Bertz CT molecular complexity index is 796. The van der Waals surface area contributed by atoms with E-state index in [0.29, 0.717) is 12.1 Å². The van der Waals surface area contributed by atoms with Gasteiger partial charge in [-0.05, 0) is 63.6 Å². The summed E-state index contributed by atoms with van der Waals surface area (Å²) < 4.78 is 5.52. The lowest BCUT2D eigenvalue weighted by Gasteiger charge is -2.35. The highest BCUT2D eigenvalue weighted by Crippen LogP contribution is 2.43. The maximum absolute atomic E-state index is 13.0. The SMILES string of the molecule is CC(C)(C)OC(=O)N1[C@@H]2CC[C@@H](C2)[C@H]1C(=O)NC(C#N)Cc1cccc(N)c1. The van der Waals surface area contributed by atoms with E-state index in [2.05, 4.69) is 11.4 Å². The van der Waals surface area contributed by atoms with Gasteiger partial charge in [0.05, 0.1) is 6.07 Å². The first kappa shape index (κ1) is 20.0. The van der Waals surface area contributed by atoms with Crippen molar-refractivity contribution < 1.29 is 14.3 Å². The summed E-state index contributed by atoms with van der Waals surface area (Å²) in [7, 11) is 0. The van der Waals surface area contributed by atoms with E-state index in [9.17, 15) is 14.9 Å². The van der Waals surface area contributed by atoms with Crippen molar-refractivity contribution in [3.63, 3.8) is 0 Å². The van der Waals surface area contributed by atoms with Crippen LogP contribution in [0.15, 0.2) is 24.3 Å². The van der Waals surface area contributed by atoms with Gasteiger partial charge in [0.1, 0.15) is 17.7 Å². The van der Waals surface area contributed by atoms with Crippen LogP contribution in [0, 0.1) is 17.2 Å². The van der Waals surface area contributed by atoms with Gasteiger partial charge in [-0.1, -0.05) is 12.1 Å². The molecule has 1 unspecified atom stereocenters. The number of nitrogens with one attached hydrogen (secondary N) is 1. The molecule has 3 rings (SSSR count). The van der Waals surface area contributed by atoms with Gasteiger partial charge in [0.2, 0.25) is 5.91 Å². The van der Waals surface area contributed by atoms with Gasteiger partial charge in [0.15, 0.2) is 0 Å². The van der Waals surface area contributed by atoms with E-state index in [0.717, 1.165) is 24.8 Å². The maximum atomic E-state index is 13.0. The number of likely N-dealkylation sites (tertiary alicyclic amines) is 1. The molecule has 0 spiro atoms. The van der Waals surface area contributed by atoms with Gasteiger partial charge in [-0.25, -0.2) is 4.79 Å². The minimum absolute atomic E-state index is 0.0325. The minimum atomic E-state index is -0.686. The third-order valence-electron chi connectivity index (χ3n) is 5.32. The molecule has 150 valence electrons. The zero-order valence-electron chi connectivity index (χ0n) is 16.6. The largest absolute Gasteiger partial charge is 0.444 e. The monoisotopic (exact) mass is 384 g/mol. The Morgan fingerprint density at radius 1 is 1.39 bits per heavy atom. The van der Waals surface area contributed by atoms with Gasteiger partial charge in [-0.3, -0.25) is 9.69 Å². The summed E-state index contributed by atoms with van der Waals surface area (Å²) in [6.07, 6.45) is 2.52. The number of piperidine rings is 1. The molecule has 28 heavy (non-hydrogen) atoms. The summed E-state index contributed by atoms with van der Waals surface area (Å²) in [6, 6.07) is 8.17. The highest BCUT2D eigenvalue weighted by molar-refractivity contribution is 5.87. The molecule has 7 heteroatoms. The van der Waals surface area contributed by atoms with Crippen molar-refractivity contribution in [1.82, 2.24) is 10.2 Å². The average molecular weight is 384 g/mol. The number of nitrogen functional groups attached to an aromatic ring is 1. The first-order valence-electron chi connectivity index (χ1n) is 9.73. The Hall–Kier alpha value is -2.75. The summed E-state index contributed by atoms with van der Waals surface area (Å²) in [5.74, 6) is -0.169. The lowest BCUT2D eigenvalue weighted by molar-refractivity contribution is -0.128. The number of nitrogens with zero attached hydrogens (tertiary/aromatic N) is 2. The summed E-state index contributed by atoms with van der Waals surface area (Å²) in [4.78, 5) is 27.3. The number of nitrogens with two attached hydrogens (primary N) is 1. The Kier molecular flexibility index (Phi) is 5.50. The summed E-state index contributed by atoms with van der Waals surface area (Å²) in [5.41, 5.74) is 6.66. The number of amides is 2. The Balaban J connectivity index is 1.70. The predicted octanol–water partition coefficient (Wildman–Crippen LogP) is 2.61. The van der Waals surface area contributed by atoms with Crippen LogP contribution in [-0.2, 0) is 16.0 Å². The Morgan fingerprint density at radius 2 is 2.14 bits per heavy atom. The smallest absolute Gasteiger partial charge is 0.411 e. The minimum Gasteiger partial charge on any atom is -0.444 e. The number of benzene rings is 1. The number of fused-ring (bicyclic) bond motifs is 2. The maximum Gasteiger partial charge on any atom is 0.411 e. The van der Waals surface area contributed by atoms with Crippen molar-refractivity contribution in [2.24, 2.45) is 5.92 Å². The van der Waals surface area contributed by atoms with E-state index in [1.807, 2.05) is 32.9 Å². The molecule has 0 radical (unpaired) electrons. The molecular weight excluding hydrogens is 356 g/mol. The number of rotatable bonds is 4. The van der Waals surface area contributed by atoms with Crippen LogP contribution < -0.4 is 11.1 Å². The van der Waals surface area contributed by atoms with Crippen molar-refractivity contribution >= 4 is 17.7 Å². The quantitative estimate of drug-likeness (QED) is 0.776. The van der Waals surface area contributed by atoms with Crippen LogP contribution in [-0.4, -0.2) is 40.6 Å². The second-order valence-corrected chi connectivity index (χ2v) is 8.70. The first-order valence-corrected chi connectivity index (χ1v) is 9.73. The van der Waals surface area contributed by atoms with Crippen molar-refractivity contribution in [3.05, 3.63) is 29.8 Å². The first-order chi connectivity index (χ1) is 13.2. The summed E-state index contributed by atoms with van der Waals surface area (Å²) in [6.45, 7) is 5.43. The predicted molar refractivity (Wildman–Crippen MR) is 105 cm³/mol. The van der Waals surface area contributed by atoms with Gasteiger partial charge in [0, 0.05) is 18.2 Å². The fraction of sp³-hybridized carbons (Fsp3) is 0.571. The molecule has 0 aromatic heterocycles. The van der Waals surface area contributed by atoms with Gasteiger partial charge < -0.3 is 15.8 Å². The highest BCUT2D eigenvalue weighted by atomic mass is 16.6. The zero-order valence-corrected chi connectivity index (χ0v) is 16.6. The molecule has 1 aromatic carbocycles. The molecular formula is C21H28N4O3. The van der Waals surface area contributed by atoms with Gasteiger partial charge in [-0.2, -0.15) is 5.26 Å². The number of carbonyl (C=O) groups is 2. The third-order valence-corrected chi connectivity index (χ3v) is 5.32. The lowest BCUT2D eigenvalue weighted by atomic mass is 9.97. The second kappa shape index (κ2) is 7.70. The molecule has 4 atom stereocenters. The van der Waals surface area contributed by atoms with E-state index in [1.165, 1.54) is 0 Å². The van der Waals surface area contributed by atoms with E-state index in [4.69, 9.17) is 10.5 Å². The van der Waals surface area contributed by atoms with Gasteiger partial charge in [0.25, 0.3) is 0 Å². The van der Waals surface area contributed by atoms with E-state index < -0.39 is 23.8 Å². The molecule has 3 N–H and O–H groups in total. The molecule has 1 saturated carbocycles. The van der Waals surface area contributed by atoms with Crippen LogP contribution in [0.4, 0.5) is 10.5 Å². The molecule has 1 aliphatic carbocycles. The number of anilines is 1. The van der Waals surface area contributed by atoms with Crippen LogP contribution in [0.25, 0.3) is 0 Å². The van der Waals surface area contributed by atoms with Crippen LogP contribution in [0.3, 0.4) is 0 Å². The zero-order chi connectivity index (χ0) is 20.5. The standard InChI is InChI=1S/C21H28N4O3/c1-21(2,3)28-20(27)25-17-8-7-14(11-17)18(25)19(26)24-16(12-22)10-13-5-4-6-15(23)9-13/h4-6,9,14,16-18H,7-8,10-11,23H2,1-3H3,(H,24,26)/t14-,16?,17+,18-/m0/s1. The number of nitriles is 1. The second-order valence-electron chi connectivity index (χ2n) is 8.70. The van der Waals surface area contributed by atoms with Crippen molar-refractivity contribution in [3.8, 4) is 6.07 Å². The molecule has 7 nitrogen and oxygen atoms in total. The fourth-order valence-corrected chi connectivity index (χ4v) is 4.24. The topological polar surface area (TPSA) is 108 Å². The van der Waals surface area contributed by atoms with Crippen molar-refractivity contribution in [2.45, 2.75) is 70.2 Å². The molecule has 2 amide bonds. The molecule has 2 bridgehead atoms. The normalized spacial score (nSPS) is 24.5. The number of ether oxygens (including phenoxy) is 1. The lowest BCUT2D eigenvalue weighted by Crippen LogP contribution is -2.55. The van der Waals surface area contributed by atoms with Crippen LogP contribution >= 0.6 is 0 Å². The van der Waals surface area contributed by atoms with Crippen molar-refractivity contribution in [2.75, 3.05) is 5.73 Å². The van der Waals surface area contributed by atoms with E-state index in [-0.39, 0.29) is 17.9 Å². The van der Waals surface area contributed by atoms with Gasteiger partial charge in [-0.15, -0.1) is 0 Å². The highest BCUT2D eigenvalue weighted by Gasteiger charge is 2.52. The summed E-state index contributed by atoms with van der Waals surface area (Å²) >= 11 is 0. The summed E-state index contributed by atoms with van der Waals surface area (Å²) in [5, 5.41) is 12.3. The molecule has 2 fully saturated rings. The molecule has 1 aliphatic heterocycles. The Labute approximate surface area is 165 Å². The fourth-order valence-electron chi connectivity index (χ4n) is 4.24. The molecule has 2 aliphatic rings. The van der Waals surface area contributed by atoms with Crippen molar-refractivity contribution in [1.29, 1.82) is 5.26 Å². The van der Waals surface area contributed by atoms with Crippen LogP contribution in [0.5, 0.6) is 0 Å². The number of carbonyl (C=O) groups excluding carboxylic acids is 2.